The Bertz CT molecular complexity index is 1860. The zero-order valence-corrected chi connectivity index (χ0v) is 22.1. The monoisotopic (exact) mass is 546 g/mol. The first-order valence-electron chi connectivity index (χ1n) is 12.4. The Labute approximate surface area is 233 Å². The summed E-state index contributed by atoms with van der Waals surface area (Å²) in [5, 5.41) is 3.09. The molecule has 8 nitrogen and oxygen atoms in total. The van der Waals surface area contributed by atoms with Gasteiger partial charge in [0.1, 0.15) is 5.75 Å². The predicted molar refractivity (Wildman–Crippen MR) is 155 cm³/mol. The van der Waals surface area contributed by atoms with Gasteiger partial charge in [-0.2, -0.15) is 0 Å². The van der Waals surface area contributed by atoms with Crippen LogP contribution in [0.4, 0.5) is 5.13 Å². The summed E-state index contributed by atoms with van der Waals surface area (Å²) in [6.07, 6.45) is 0. The number of fused-ring (bicyclic) bond motifs is 2. The molecule has 0 fully saturated rings. The SMILES string of the molecule is COc1ccc2nc(NC(=O)COC(=O)c3ccc4nc(-c5ccccc5)c(-c5ccccc5)nc4c3)sc2c1. The van der Waals surface area contributed by atoms with Crippen molar-refractivity contribution >= 4 is 49.6 Å². The van der Waals surface area contributed by atoms with Gasteiger partial charge in [0.2, 0.25) is 0 Å². The van der Waals surface area contributed by atoms with Crippen LogP contribution < -0.4 is 10.1 Å². The molecular formula is C31H22N4O4S. The Hall–Kier alpha value is -5.15. The average molecular weight is 547 g/mol. The Kier molecular flexibility index (Phi) is 6.86. The Morgan fingerprint density at radius 1 is 0.750 bits per heavy atom. The topological polar surface area (TPSA) is 103 Å². The second-order valence-electron chi connectivity index (χ2n) is 8.83. The second-order valence-corrected chi connectivity index (χ2v) is 9.86. The molecule has 0 aliphatic carbocycles. The summed E-state index contributed by atoms with van der Waals surface area (Å²) in [5.74, 6) is -0.421. The number of amides is 1. The van der Waals surface area contributed by atoms with E-state index in [1.54, 1.807) is 31.4 Å². The number of aromatic nitrogens is 3. The lowest BCUT2D eigenvalue weighted by molar-refractivity contribution is -0.119. The summed E-state index contributed by atoms with van der Waals surface area (Å²) >= 11 is 1.31. The van der Waals surface area contributed by atoms with Crippen LogP contribution in [0.2, 0.25) is 0 Å². The summed E-state index contributed by atoms with van der Waals surface area (Å²) in [4.78, 5) is 39.4. The third-order valence-corrected chi connectivity index (χ3v) is 7.10. The standard InChI is InChI=1S/C31H22N4O4S/c1-38-22-13-15-24-26(17-22)40-31(34-24)35-27(36)18-39-30(37)21-12-14-23-25(16-21)33-29(20-10-6-3-7-11-20)28(32-23)19-8-4-2-5-9-19/h2-17H,18H2,1H3,(H,34,35,36). The minimum Gasteiger partial charge on any atom is -0.497 e. The molecule has 196 valence electrons. The number of nitrogens with one attached hydrogen (secondary N) is 1. The van der Waals surface area contributed by atoms with Crippen LogP contribution in [0.5, 0.6) is 5.75 Å². The molecule has 0 bridgehead atoms. The second kappa shape index (κ2) is 10.9. The lowest BCUT2D eigenvalue weighted by Gasteiger charge is -2.11. The van der Waals surface area contributed by atoms with Gasteiger partial charge in [-0.25, -0.2) is 19.7 Å². The number of methoxy groups -OCH3 is 1. The highest BCUT2D eigenvalue weighted by atomic mass is 32.1. The van der Waals surface area contributed by atoms with Crippen molar-refractivity contribution in [1.82, 2.24) is 15.0 Å². The molecule has 0 spiro atoms. The number of anilines is 1. The van der Waals surface area contributed by atoms with E-state index in [1.807, 2.05) is 72.8 Å². The van der Waals surface area contributed by atoms with E-state index in [9.17, 15) is 9.59 Å². The molecule has 0 atom stereocenters. The van der Waals surface area contributed by atoms with Gasteiger partial charge in [0.25, 0.3) is 5.91 Å². The smallest absolute Gasteiger partial charge is 0.338 e. The molecule has 6 rings (SSSR count). The van der Waals surface area contributed by atoms with E-state index < -0.39 is 18.5 Å². The number of hydrogen-bond donors (Lipinski definition) is 1. The third kappa shape index (κ3) is 5.23. The van der Waals surface area contributed by atoms with Crippen LogP contribution >= 0.6 is 11.3 Å². The number of nitrogens with zero attached hydrogens (tertiary/aromatic N) is 3. The minimum atomic E-state index is -0.638. The quantitative estimate of drug-likeness (QED) is 0.232. The molecule has 0 saturated heterocycles. The van der Waals surface area contributed by atoms with Gasteiger partial charge >= 0.3 is 5.97 Å². The lowest BCUT2D eigenvalue weighted by atomic mass is 10.0. The van der Waals surface area contributed by atoms with E-state index in [1.165, 1.54) is 11.3 Å². The van der Waals surface area contributed by atoms with Gasteiger partial charge in [-0.1, -0.05) is 72.0 Å². The van der Waals surface area contributed by atoms with Crippen LogP contribution in [-0.2, 0) is 9.53 Å². The zero-order valence-electron chi connectivity index (χ0n) is 21.3. The van der Waals surface area contributed by atoms with Crippen molar-refractivity contribution in [2.75, 3.05) is 19.0 Å². The Morgan fingerprint density at radius 3 is 2.08 bits per heavy atom. The minimum absolute atomic E-state index is 0.271. The fourth-order valence-corrected chi connectivity index (χ4v) is 5.14. The number of ether oxygens (including phenoxy) is 2. The average Bonchev–Trinajstić information content (AvgIpc) is 3.41. The number of carbonyl (C=O) groups excluding carboxylic acids is 2. The van der Waals surface area contributed by atoms with Gasteiger partial charge in [0.05, 0.1) is 45.3 Å². The lowest BCUT2D eigenvalue weighted by Crippen LogP contribution is -2.20. The van der Waals surface area contributed by atoms with Crippen molar-refractivity contribution in [1.29, 1.82) is 0 Å². The molecule has 40 heavy (non-hydrogen) atoms. The summed E-state index contributed by atoms with van der Waals surface area (Å²) in [6.45, 7) is -0.454. The summed E-state index contributed by atoms with van der Waals surface area (Å²) in [5.41, 5.74) is 5.50. The Morgan fingerprint density at radius 2 is 1.40 bits per heavy atom. The summed E-state index contributed by atoms with van der Waals surface area (Å²) < 4.78 is 11.4. The molecule has 2 aromatic heterocycles. The number of thiazole rings is 1. The first-order valence-corrected chi connectivity index (χ1v) is 13.2. The highest BCUT2D eigenvalue weighted by Gasteiger charge is 2.17. The molecule has 1 amide bonds. The van der Waals surface area contributed by atoms with E-state index in [0.717, 1.165) is 27.0 Å². The van der Waals surface area contributed by atoms with Crippen LogP contribution in [0.25, 0.3) is 43.8 Å². The molecule has 4 aromatic carbocycles. The number of carbonyl (C=O) groups is 2. The first kappa shape index (κ1) is 25.1. The third-order valence-electron chi connectivity index (χ3n) is 6.17. The maximum atomic E-state index is 12.8. The Balaban J connectivity index is 1.21. The molecule has 2 heterocycles. The molecule has 9 heteroatoms. The van der Waals surface area contributed by atoms with Crippen LogP contribution in [0.1, 0.15) is 10.4 Å². The normalized spacial score (nSPS) is 10.9. The molecule has 1 N–H and O–H groups in total. The van der Waals surface area contributed by atoms with E-state index >= 15 is 0 Å². The maximum Gasteiger partial charge on any atom is 0.338 e. The van der Waals surface area contributed by atoms with Gasteiger partial charge in [0.15, 0.2) is 11.7 Å². The van der Waals surface area contributed by atoms with Gasteiger partial charge in [0, 0.05) is 11.1 Å². The maximum absolute atomic E-state index is 12.8. The van der Waals surface area contributed by atoms with Gasteiger partial charge < -0.3 is 9.47 Å². The fourth-order valence-electron chi connectivity index (χ4n) is 4.23. The highest BCUT2D eigenvalue weighted by molar-refractivity contribution is 7.22. The number of esters is 1. The van der Waals surface area contributed by atoms with Crippen molar-refractivity contribution in [3.05, 3.63) is 103 Å². The van der Waals surface area contributed by atoms with Gasteiger partial charge in [-0.3, -0.25) is 10.1 Å². The zero-order chi connectivity index (χ0) is 27.5. The fraction of sp³-hybridized carbons (Fsp3) is 0.0645. The predicted octanol–water partition coefficient (Wildman–Crippen LogP) is 6.38. The molecule has 0 unspecified atom stereocenters. The largest absolute Gasteiger partial charge is 0.497 e. The van der Waals surface area contributed by atoms with E-state index in [-0.39, 0.29) is 5.56 Å². The van der Waals surface area contributed by atoms with Gasteiger partial charge in [-0.05, 0) is 36.4 Å². The summed E-state index contributed by atoms with van der Waals surface area (Å²) in [6, 6.07) is 30.1. The van der Waals surface area contributed by atoms with Gasteiger partial charge in [-0.15, -0.1) is 0 Å². The van der Waals surface area contributed by atoms with Crippen LogP contribution in [0.15, 0.2) is 97.1 Å². The molecule has 0 radical (unpaired) electrons. The van der Waals surface area contributed by atoms with Crippen molar-refractivity contribution in [3.63, 3.8) is 0 Å². The highest BCUT2D eigenvalue weighted by Crippen LogP contribution is 2.31. The van der Waals surface area contributed by atoms with Crippen LogP contribution in [-0.4, -0.2) is 40.5 Å². The van der Waals surface area contributed by atoms with Crippen molar-refractivity contribution in [2.24, 2.45) is 0 Å². The molecular weight excluding hydrogens is 524 g/mol. The van der Waals surface area contributed by atoms with Crippen LogP contribution in [0, 0.1) is 0 Å². The molecule has 0 saturated carbocycles. The van der Waals surface area contributed by atoms with Crippen molar-refractivity contribution in [3.8, 4) is 28.3 Å². The van der Waals surface area contributed by atoms with Crippen molar-refractivity contribution in [2.45, 2.75) is 0 Å². The number of rotatable bonds is 7. The molecule has 0 aliphatic rings. The number of benzene rings is 4. The first-order chi connectivity index (χ1) is 19.6. The van der Waals surface area contributed by atoms with Crippen LogP contribution in [0.3, 0.4) is 0 Å². The number of hydrogen-bond acceptors (Lipinski definition) is 8. The van der Waals surface area contributed by atoms with E-state index in [4.69, 9.17) is 19.4 Å². The molecule has 6 aromatic rings. The summed E-state index contributed by atoms with van der Waals surface area (Å²) in [7, 11) is 1.59. The molecule has 0 aliphatic heterocycles. The van der Waals surface area contributed by atoms with E-state index in [0.29, 0.717) is 27.6 Å². The van der Waals surface area contributed by atoms with E-state index in [2.05, 4.69) is 10.3 Å². The van der Waals surface area contributed by atoms with Crippen molar-refractivity contribution < 1.29 is 19.1 Å².